The minimum Gasteiger partial charge on any atom is -0.546 e. The van der Waals surface area contributed by atoms with Crippen molar-refractivity contribution in [3.05, 3.63) is 33.8 Å². The minimum absolute atomic E-state index is 0.0110. The summed E-state index contributed by atoms with van der Waals surface area (Å²) in [5.41, 5.74) is 4.31. The van der Waals surface area contributed by atoms with Crippen LogP contribution < -0.4 is 9.16 Å². The summed E-state index contributed by atoms with van der Waals surface area (Å²) in [5.74, 6) is 2.34. The molecule has 1 aromatic rings. The Labute approximate surface area is 176 Å². The van der Waals surface area contributed by atoms with E-state index in [-0.39, 0.29) is 10.8 Å². The van der Waals surface area contributed by atoms with E-state index in [1.54, 1.807) is 7.11 Å². The Morgan fingerprint density at radius 2 is 1.93 bits per heavy atom. The van der Waals surface area contributed by atoms with Crippen LogP contribution >= 0.6 is 15.9 Å². The summed E-state index contributed by atoms with van der Waals surface area (Å²) in [6, 6.07) is 2.22. The van der Waals surface area contributed by atoms with Gasteiger partial charge in [0.25, 0.3) is 0 Å². The van der Waals surface area contributed by atoms with Crippen molar-refractivity contribution in [2.75, 3.05) is 7.11 Å². The fourth-order valence-corrected chi connectivity index (χ4v) is 5.90. The first kappa shape index (κ1) is 22.5. The van der Waals surface area contributed by atoms with Gasteiger partial charge < -0.3 is 9.16 Å². The molecule has 1 atom stereocenters. The standard InChI is InChI=1S/C23H37BrO2Si/c1-15-11-10-12-23(5,6)17(15)13-16-14-18(25-7)20(24)21(26-27(8)9)19(16)22(2,3)4/h14,17,27H,1,10-13H2,2-9H3/t17-/m0/s1. The molecule has 1 saturated carbocycles. The van der Waals surface area contributed by atoms with E-state index in [0.717, 1.165) is 28.8 Å². The van der Waals surface area contributed by atoms with Crippen molar-refractivity contribution in [1.82, 2.24) is 0 Å². The molecule has 0 saturated heterocycles. The van der Waals surface area contributed by atoms with E-state index < -0.39 is 9.04 Å². The number of hydrogen-bond donors (Lipinski definition) is 0. The highest BCUT2D eigenvalue weighted by molar-refractivity contribution is 9.10. The summed E-state index contributed by atoms with van der Waals surface area (Å²) in [7, 11) is 0.472. The first-order valence-corrected chi connectivity index (χ1v) is 13.7. The van der Waals surface area contributed by atoms with E-state index in [9.17, 15) is 0 Å². The lowest BCUT2D eigenvalue weighted by Crippen LogP contribution is -2.32. The molecular weight excluding hydrogens is 416 g/mol. The van der Waals surface area contributed by atoms with Gasteiger partial charge in [0, 0.05) is 5.56 Å². The largest absolute Gasteiger partial charge is 0.546 e. The summed E-state index contributed by atoms with van der Waals surface area (Å²) >= 11 is 3.76. The molecule has 1 aromatic carbocycles. The van der Waals surface area contributed by atoms with Crippen molar-refractivity contribution in [2.24, 2.45) is 11.3 Å². The number of ether oxygens (including phenoxy) is 1. The molecule has 152 valence electrons. The van der Waals surface area contributed by atoms with Crippen molar-refractivity contribution in [3.8, 4) is 11.5 Å². The van der Waals surface area contributed by atoms with Gasteiger partial charge in [0.1, 0.15) is 16.0 Å². The summed E-state index contributed by atoms with van der Waals surface area (Å²) in [5, 5.41) is 0. The van der Waals surface area contributed by atoms with Crippen LogP contribution in [0.3, 0.4) is 0 Å². The normalized spacial score (nSPS) is 20.1. The van der Waals surface area contributed by atoms with E-state index in [1.165, 1.54) is 29.5 Å². The lowest BCUT2D eigenvalue weighted by Gasteiger charge is -2.41. The monoisotopic (exact) mass is 452 g/mol. The lowest BCUT2D eigenvalue weighted by molar-refractivity contribution is 0.188. The van der Waals surface area contributed by atoms with Crippen LogP contribution in [-0.2, 0) is 11.8 Å². The second-order valence-electron chi connectivity index (χ2n) is 9.93. The maximum Gasteiger partial charge on any atom is 0.229 e. The van der Waals surface area contributed by atoms with Crippen LogP contribution in [0.5, 0.6) is 11.5 Å². The number of allylic oxidation sites excluding steroid dienone is 1. The predicted octanol–water partition coefficient (Wildman–Crippen LogP) is 7.04. The molecule has 0 spiro atoms. The first-order chi connectivity index (χ1) is 12.4. The van der Waals surface area contributed by atoms with E-state index >= 15 is 0 Å². The van der Waals surface area contributed by atoms with Gasteiger partial charge >= 0.3 is 0 Å². The van der Waals surface area contributed by atoms with Crippen molar-refractivity contribution in [3.63, 3.8) is 0 Å². The topological polar surface area (TPSA) is 18.5 Å². The molecule has 27 heavy (non-hydrogen) atoms. The average molecular weight is 454 g/mol. The predicted molar refractivity (Wildman–Crippen MR) is 123 cm³/mol. The third-order valence-electron chi connectivity index (χ3n) is 5.77. The van der Waals surface area contributed by atoms with Gasteiger partial charge in [-0.25, -0.2) is 0 Å². The van der Waals surface area contributed by atoms with E-state index in [1.807, 2.05) is 0 Å². The Hall–Kier alpha value is -0.743. The molecule has 0 aliphatic heterocycles. The van der Waals surface area contributed by atoms with Gasteiger partial charge in [-0.3, -0.25) is 0 Å². The van der Waals surface area contributed by atoms with Gasteiger partial charge in [0.2, 0.25) is 9.04 Å². The summed E-state index contributed by atoms with van der Waals surface area (Å²) in [4.78, 5) is 0. The quantitative estimate of drug-likeness (QED) is 0.352. The number of benzene rings is 1. The Morgan fingerprint density at radius 3 is 2.41 bits per heavy atom. The summed E-state index contributed by atoms with van der Waals surface area (Å²) in [6.07, 6.45) is 4.66. The zero-order chi connectivity index (χ0) is 20.6. The third-order valence-corrected chi connectivity index (χ3v) is 7.23. The molecule has 0 aromatic heterocycles. The highest BCUT2D eigenvalue weighted by atomic mass is 79.9. The zero-order valence-corrected chi connectivity index (χ0v) is 21.2. The Kier molecular flexibility index (Phi) is 6.95. The highest BCUT2D eigenvalue weighted by Crippen LogP contribution is 2.49. The summed E-state index contributed by atoms with van der Waals surface area (Å²) in [6.45, 7) is 20.5. The smallest absolute Gasteiger partial charge is 0.229 e. The van der Waals surface area contributed by atoms with Crippen LogP contribution in [0.15, 0.2) is 22.7 Å². The van der Waals surface area contributed by atoms with Crippen LogP contribution in [0.25, 0.3) is 0 Å². The molecule has 1 aliphatic rings. The third kappa shape index (κ3) is 5.00. The van der Waals surface area contributed by atoms with E-state index in [4.69, 9.17) is 9.16 Å². The Bertz CT molecular complexity index is 701. The molecular formula is C23H37BrO2Si. The van der Waals surface area contributed by atoms with Crippen LogP contribution in [0, 0.1) is 11.3 Å². The van der Waals surface area contributed by atoms with E-state index in [0.29, 0.717) is 5.92 Å². The molecule has 1 fully saturated rings. The molecule has 0 N–H and O–H groups in total. The second kappa shape index (κ2) is 8.32. The minimum atomic E-state index is -1.26. The van der Waals surface area contributed by atoms with Gasteiger partial charge in [-0.1, -0.05) is 46.8 Å². The molecule has 0 unspecified atom stereocenters. The Morgan fingerprint density at radius 1 is 1.30 bits per heavy atom. The molecule has 2 rings (SSSR count). The van der Waals surface area contributed by atoms with Crippen LogP contribution in [0.4, 0.5) is 0 Å². The van der Waals surface area contributed by atoms with Crippen LogP contribution in [0.2, 0.25) is 13.1 Å². The van der Waals surface area contributed by atoms with E-state index in [2.05, 4.69) is 76.3 Å². The van der Waals surface area contributed by atoms with Gasteiger partial charge in [-0.2, -0.15) is 0 Å². The van der Waals surface area contributed by atoms with Crippen LogP contribution in [0.1, 0.15) is 65.0 Å². The maximum atomic E-state index is 6.44. The molecule has 1 aliphatic carbocycles. The van der Waals surface area contributed by atoms with Gasteiger partial charge in [0.15, 0.2) is 0 Å². The Balaban J connectivity index is 2.65. The van der Waals surface area contributed by atoms with Crippen LogP contribution in [-0.4, -0.2) is 16.2 Å². The number of halogens is 1. The second-order valence-corrected chi connectivity index (χ2v) is 13.1. The van der Waals surface area contributed by atoms with Gasteiger partial charge in [0.05, 0.1) is 7.11 Å². The van der Waals surface area contributed by atoms with Gasteiger partial charge in [-0.05, 0) is 83.1 Å². The molecule has 0 heterocycles. The molecule has 0 radical (unpaired) electrons. The van der Waals surface area contributed by atoms with Crippen molar-refractivity contribution >= 4 is 25.0 Å². The average Bonchev–Trinajstić information content (AvgIpc) is 2.51. The fourth-order valence-electron chi connectivity index (χ4n) is 4.45. The first-order valence-electron chi connectivity index (χ1n) is 10.1. The SMILES string of the molecule is C=C1CCCC(C)(C)[C@H]1Cc1cc(OC)c(Br)c(O[SiH](C)C)c1C(C)(C)C. The number of hydrogen-bond acceptors (Lipinski definition) is 2. The molecule has 2 nitrogen and oxygen atoms in total. The zero-order valence-electron chi connectivity index (χ0n) is 18.5. The summed E-state index contributed by atoms with van der Waals surface area (Å²) < 4.78 is 13.1. The number of rotatable bonds is 5. The number of methoxy groups -OCH3 is 1. The van der Waals surface area contributed by atoms with Crippen molar-refractivity contribution in [2.45, 2.75) is 78.8 Å². The van der Waals surface area contributed by atoms with Crippen molar-refractivity contribution < 1.29 is 9.16 Å². The fraction of sp³-hybridized carbons (Fsp3) is 0.652. The molecule has 0 bridgehead atoms. The maximum absolute atomic E-state index is 6.44. The molecule has 0 amide bonds. The molecule has 4 heteroatoms. The highest BCUT2D eigenvalue weighted by Gasteiger charge is 2.37. The van der Waals surface area contributed by atoms with Crippen molar-refractivity contribution in [1.29, 1.82) is 0 Å². The van der Waals surface area contributed by atoms with Gasteiger partial charge in [-0.15, -0.1) is 0 Å². The lowest BCUT2D eigenvalue weighted by atomic mass is 9.64.